The van der Waals surface area contributed by atoms with E-state index in [1.807, 2.05) is 18.3 Å². The summed E-state index contributed by atoms with van der Waals surface area (Å²) in [4.78, 5) is 4.02. The van der Waals surface area contributed by atoms with Crippen LogP contribution in [0, 0.1) is 5.92 Å². The van der Waals surface area contributed by atoms with Crippen LogP contribution in [-0.2, 0) is 11.3 Å². The lowest BCUT2D eigenvalue weighted by atomic mass is 10.1. The summed E-state index contributed by atoms with van der Waals surface area (Å²) in [6.45, 7) is 5.89. The number of hydrogen-bond donors (Lipinski definition) is 0. The molecule has 1 atom stereocenters. The van der Waals surface area contributed by atoms with Gasteiger partial charge in [0, 0.05) is 19.0 Å². The molecule has 0 bridgehead atoms. The van der Waals surface area contributed by atoms with Gasteiger partial charge in [0.2, 0.25) is 0 Å². The van der Waals surface area contributed by atoms with Gasteiger partial charge in [-0.15, -0.1) is 0 Å². The average Bonchev–Trinajstić information content (AvgIpc) is 2.19. The Morgan fingerprint density at radius 2 is 2.38 bits per heavy atom. The van der Waals surface area contributed by atoms with E-state index in [-0.39, 0.29) is 0 Å². The van der Waals surface area contributed by atoms with E-state index >= 15 is 0 Å². The first-order chi connectivity index (χ1) is 6.33. The van der Waals surface area contributed by atoms with Crippen molar-refractivity contribution in [2.45, 2.75) is 26.9 Å². The Bertz CT molecular complexity index is 223. The van der Waals surface area contributed by atoms with Crippen molar-refractivity contribution in [1.82, 2.24) is 4.98 Å². The molecular weight excluding hydrogens is 162 g/mol. The van der Waals surface area contributed by atoms with Crippen LogP contribution in [-0.4, -0.2) is 11.6 Å². The fourth-order valence-electron chi connectivity index (χ4n) is 0.979. The van der Waals surface area contributed by atoms with Crippen LogP contribution in [0.1, 0.15) is 25.8 Å². The third-order valence-electron chi connectivity index (χ3n) is 2.09. The Hall–Kier alpha value is -0.890. The maximum absolute atomic E-state index is 5.53. The minimum Gasteiger partial charge on any atom is -0.376 e. The third-order valence-corrected chi connectivity index (χ3v) is 2.09. The van der Waals surface area contributed by atoms with Crippen LogP contribution in [0.5, 0.6) is 0 Å². The number of aromatic nitrogens is 1. The van der Waals surface area contributed by atoms with Crippen LogP contribution in [0.4, 0.5) is 0 Å². The van der Waals surface area contributed by atoms with Crippen molar-refractivity contribution in [3.63, 3.8) is 0 Å². The van der Waals surface area contributed by atoms with Crippen LogP contribution < -0.4 is 0 Å². The summed E-state index contributed by atoms with van der Waals surface area (Å²) in [5.74, 6) is 0.650. The molecule has 0 amide bonds. The molecule has 0 fully saturated rings. The fourth-order valence-corrected chi connectivity index (χ4v) is 0.979. The summed E-state index contributed by atoms with van der Waals surface area (Å²) in [7, 11) is 0. The lowest BCUT2D eigenvalue weighted by Gasteiger charge is -2.08. The highest BCUT2D eigenvalue weighted by atomic mass is 16.5. The molecule has 0 aliphatic heterocycles. The summed E-state index contributed by atoms with van der Waals surface area (Å²) < 4.78 is 5.53. The molecule has 72 valence electrons. The first kappa shape index (κ1) is 10.2. The van der Waals surface area contributed by atoms with E-state index in [1.165, 1.54) is 6.42 Å². The topological polar surface area (TPSA) is 22.1 Å². The first-order valence-corrected chi connectivity index (χ1v) is 4.79. The fraction of sp³-hybridized carbons (Fsp3) is 0.545. The minimum atomic E-state index is 0.650. The molecule has 0 radical (unpaired) electrons. The van der Waals surface area contributed by atoms with E-state index in [9.17, 15) is 0 Å². The molecule has 1 aromatic rings. The van der Waals surface area contributed by atoms with Crippen molar-refractivity contribution < 1.29 is 4.74 Å². The lowest BCUT2D eigenvalue weighted by Crippen LogP contribution is -2.04. The van der Waals surface area contributed by atoms with Gasteiger partial charge in [0.05, 0.1) is 6.61 Å². The summed E-state index contributed by atoms with van der Waals surface area (Å²) in [6, 6.07) is 3.96. The maximum atomic E-state index is 5.53. The quantitative estimate of drug-likeness (QED) is 0.693. The third kappa shape index (κ3) is 4.04. The monoisotopic (exact) mass is 179 g/mol. The highest BCUT2D eigenvalue weighted by molar-refractivity contribution is 5.06. The van der Waals surface area contributed by atoms with Crippen molar-refractivity contribution in [1.29, 1.82) is 0 Å². The van der Waals surface area contributed by atoms with Crippen LogP contribution in [0.15, 0.2) is 24.5 Å². The second-order valence-electron chi connectivity index (χ2n) is 3.39. The van der Waals surface area contributed by atoms with Gasteiger partial charge in [0.1, 0.15) is 0 Å². The van der Waals surface area contributed by atoms with E-state index in [0.29, 0.717) is 12.5 Å². The highest BCUT2D eigenvalue weighted by Gasteiger charge is 1.98. The van der Waals surface area contributed by atoms with Gasteiger partial charge in [-0.2, -0.15) is 0 Å². The van der Waals surface area contributed by atoms with Gasteiger partial charge >= 0.3 is 0 Å². The minimum absolute atomic E-state index is 0.650. The summed E-state index contributed by atoms with van der Waals surface area (Å²) in [5, 5.41) is 0. The molecular formula is C11H17NO. The molecule has 1 unspecified atom stereocenters. The van der Waals surface area contributed by atoms with Crippen molar-refractivity contribution in [3.05, 3.63) is 30.1 Å². The van der Waals surface area contributed by atoms with Crippen molar-refractivity contribution >= 4 is 0 Å². The zero-order valence-electron chi connectivity index (χ0n) is 8.36. The second-order valence-corrected chi connectivity index (χ2v) is 3.39. The van der Waals surface area contributed by atoms with Gasteiger partial charge in [0.25, 0.3) is 0 Å². The molecule has 2 heteroatoms. The Morgan fingerprint density at radius 1 is 1.54 bits per heavy atom. The zero-order valence-corrected chi connectivity index (χ0v) is 8.36. The first-order valence-electron chi connectivity index (χ1n) is 4.79. The molecule has 0 saturated heterocycles. The lowest BCUT2D eigenvalue weighted by molar-refractivity contribution is 0.0908. The number of ether oxygens (including phenoxy) is 1. The highest BCUT2D eigenvalue weighted by Crippen LogP contribution is 2.04. The van der Waals surface area contributed by atoms with E-state index in [4.69, 9.17) is 4.74 Å². The second kappa shape index (κ2) is 5.70. The normalized spacial score (nSPS) is 12.8. The predicted octanol–water partition coefficient (Wildman–Crippen LogP) is 2.64. The van der Waals surface area contributed by atoms with E-state index in [1.54, 1.807) is 6.20 Å². The molecule has 2 nitrogen and oxygen atoms in total. The van der Waals surface area contributed by atoms with Crippen LogP contribution >= 0.6 is 0 Å². The van der Waals surface area contributed by atoms with Crippen LogP contribution in [0.25, 0.3) is 0 Å². The smallest absolute Gasteiger partial charge is 0.0731 e. The molecule has 1 rings (SSSR count). The molecule has 0 aromatic carbocycles. The zero-order chi connectivity index (χ0) is 9.52. The standard InChI is InChI=1S/C11H17NO/c1-3-10(2)8-13-9-11-5-4-6-12-7-11/h4-7,10H,3,8-9H2,1-2H3. The van der Waals surface area contributed by atoms with Crippen LogP contribution in [0.3, 0.4) is 0 Å². The van der Waals surface area contributed by atoms with Crippen molar-refractivity contribution in [2.24, 2.45) is 5.92 Å². The van der Waals surface area contributed by atoms with Gasteiger partial charge < -0.3 is 4.74 Å². The SMILES string of the molecule is CCC(C)COCc1cccnc1. The Balaban J connectivity index is 2.20. The van der Waals surface area contributed by atoms with E-state index in [0.717, 1.165) is 12.2 Å². The van der Waals surface area contributed by atoms with Gasteiger partial charge in [-0.05, 0) is 17.5 Å². The Kier molecular flexibility index (Phi) is 4.47. The van der Waals surface area contributed by atoms with Gasteiger partial charge in [0.15, 0.2) is 0 Å². The molecule has 1 aromatic heterocycles. The largest absolute Gasteiger partial charge is 0.376 e. The molecule has 0 aliphatic rings. The summed E-state index contributed by atoms with van der Waals surface area (Å²) in [6.07, 6.45) is 4.79. The molecule has 0 saturated carbocycles. The molecule has 0 N–H and O–H groups in total. The molecule has 1 heterocycles. The average molecular weight is 179 g/mol. The number of hydrogen-bond acceptors (Lipinski definition) is 2. The maximum Gasteiger partial charge on any atom is 0.0731 e. The molecule has 13 heavy (non-hydrogen) atoms. The summed E-state index contributed by atoms with van der Waals surface area (Å²) in [5.41, 5.74) is 1.14. The van der Waals surface area contributed by atoms with Gasteiger partial charge in [-0.1, -0.05) is 26.3 Å². The van der Waals surface area contributed by atoms with Gasteiger partial charge in [-0.25, -0.2) is 0 Å². The van der Waals surface area contributed by atoms with Gasteiger partial charge in [-0.3, -0.25) is 4.98 Å². The number of nitrogens with zero attached hydrogens (tertiary/aromatic N) is 1. The Morgan fingerprint density at radius 3 is 3.00 bits per heavy atom. The number of pyridine rings is 1. The van der Waals surface area contributed by atoms with E-state index in [2.05, 4.69) is 18.8 Å². The summed E-state index contributed by atoms with van der Waals surface area (Å²) >= 11 is 0. The predicted molar refractivity (Wildman–Crippen MR) is 53.3 cm³/mol. The Labute approximate surface area is 80.0 Å². The van der Waals surface area contributed by atoms with Crippen molar-refractivity contribution in [2.75, 3.05) is 6.61 Å². The molecule has 0 spiro atoms. The number of rotatable bonds is 5. The van der Waals surface area contributed by atoms with E-state index < -0.39 is 0 Å². The van der Waals surface area contributed by atoms with Crippen molar-refractivity contribution in [3.8, 4) is 0 Å². The van der Waals surface area contributed by atoms with Crippen LogP contribution in [0.2, 0.25) is 0 Å². The molecule has 0 aliphatic carbocycles.